The van der Waals surface area contributed by atoms with E-state index >= 15 is 0 Å². The van der Waals surface area contributed by atoms with E-state index in [1.165, 1.54) is 218 Å². The van der Waals surface area contributed by atoms with Gasteiger partial charge in [0.15, 0.2) is 0 Å². The Balaban J connectivity index is 3.56. The standard InChI is InChI=1S/C50H99NO4/c1-3-5-7-9-11-13-15-17-19-21-23-24-25-26-27-29-30-32-34-36-38-40-42-44-48(53)47(46-52)51-50(55)49(54)45-43-41-39-37-35-33-31-28-22-20-18-16-14-12-10-8-6-4-2/h22,28,47-49,52-54H,3-21,23-27,29-46H2,1-2H3,(H,51,55)/b28-22-. The summed E-state index contributed by atoms with van der Waals surface area (Å²) in [6, 6.07) is -0.712. The van der Waals surface area contributed by atoms with E-state index in [9.17, 15) is 20.1 Å². The molecule has 0 aromatic heterocycles. The Morgan fingerprint density at radius 2 is 0.691 bits per heavy atom. The van der Waals surface area contributed by atoms with E-state index in [1.54, 1.807) is 0 Å². The van der Waals surface area contributed by atoms with Crippen LogP contribution in [0.2, 0.25) is 0 Å². The lowest BCUT2D eigenvalue weighted by atomic mass is 10.0. The first-order chi connectivity index (χ1) is 27.1. The summed E-state index contributed by atoms with van der Waals surface area (Å²) in [6.45, 7) is 4.25. The first-order valence-corrected chi connectivity index (χ1v) is 25.0. The molecule has 0 aliphatic heterocycles. The van der Waals surface area contributed by atoms with Crippen molar-refractivity contribution in [2.45, 2.75) is 295 Å². The van der Waals surface area contributed by atoms with Crippen molar-refractivity contribution in [3.63, 3.8) is 0 Å². The molecule has 0 aliphatic rings. The largest absolute Gasteiger partial charge is 0.394 e. The highest BCUT2D eigenvalue weighted by atomic mass is 16.3. The predicted octanol–water partition coefficient (Wildman–Crippen LogP) is 14.8. The van der Waals surface area contributed by atoms with Gasteiger partial charge >= 0.3 is 0 Å². The van der Waals surface area contributed by atoms with Crippen molar-refractivity contribution in [2.24, 2.45) is 0 Å². The summed E-state index contributed by atoms with van der Waals surface area (Å²) < 4.78 is 0. The van der Waals surface area contributed by atoms with Crippen LogP contribution in [0.15, 0.2) is 12.2 Å². The van der Waals surface area contributed by atoms with Crippen molar-refractivity contribution in [3.05, 3.63) is 12.2 Å². The highest BCUT2D eigenvalue weighted by molar-refractivity contribution is 5.80. The molecule has 328 valence electrons. The Hall–Kier alpha value is -0.910. The average Bonchev–Trinajstić information content (AvgIpc) is 3.19. The molecular formula is C50H99NO4. The predicted molar refractivity (Wildman–Crippen MR) is 241 cm³/mol. The molecule has 0 aromatic rings. The number of rotatable bonds is 46. The molecular weight excluding hydrogens is 679 g/mol. The minimum atomic E-state index is -1.08. The fourth-order valence-electron chi connectivity index (χ4n) is 7.95. The van der Waals surface area contributed by atoms with Crippen LogP contribution in [0.1, 0.15) is 277 Å². The minimum absolute atomic E-state index is 0.312. The van der Waals surface area contributed by atoms with Crippen LogP contribution in [0.25, 0.3) is 0 Å². The van der Waals surface area contributed by atoms with Crippen molar-refractivity contribution >= 4 is 5.91 Å². The second-order valence-electron chi connectivity index (χ2n) is 17.4. The Bertz CT molecular complexity index is 773. The molecule has 0 saturated heterocycles. The SMILES string of the molecule is CCCCCCCCCC/C=C\CCCCCCCCC(O)C(=O)NC(CO)C(O)CCCCCCCCCCCCCCCCCCCCCCCCC. The lowest BCUT2D eigenvalue weighted by Gasteiger charge is -2.23. The molecule has 0 fully saturated rings. The van der Waals surface area contributed by atoms with Gasteiger partial charge in [-0.25, -0.2) is 0 Å². The number of allylic oxidation sites excluding steroid dienone is 2. The van der Waals surface area contributed by atoms with Crippen LogP contribution in [0.4, 0.5) is 0 Å². The molecule has 0 bridgehead atoms. The molecule has 3 atom stereocenters. The highest BCUT2D eigenvalue weighted by Gasteiger charge is 2.23. The van der Waals surface area contributed by atoms with Gasteiger partial charge in [0.1, 0.15) is 6.10 Å². The number of hydrogen-bond donors (Lipinski definition) is 4. The normalized spacial score (nSPS) is 13.5. The fourth-order valence-corrected chi connectivity index (χ4v) is 7.95. The maximum atomic E-state index is 12.5. The Kier molecular flexibility index (Phi) is 45.0. The number of nitrogens with one attached hydrogen (secondary N) is 1. The van der Waals surface area contributed by atoms with Gasteiger partial charge in [0.25, 0.3) is 0 Å². The molecule has 1 amide bonds. The van der Waals surface area contributed by atoms with Gasteiger partial charge in [-0.3, -0.25) is 4.79 Å². The number of unbranched alkanes of at least 4 members (excludes halogenated alkanes) is 36. The molecule has 0 aromatic carbocycles. The molecule has 0 heterocycles. The zero-order valence-corrected chi connectivity index (χ0v) is 37.3. The summed E-state index contributed by atoms with van der Waals surface area (Å²) in [6.07, 6.45) is 55.1. The second-order valence-corrected chi connectivity index (χ2v) is 17.4. The molecule has 5 heteroatoms. The van der Waals surface area contributed by atoms with Crippen molar-refractivity contribution < 1.29 is 20.1 Å². The molecule has 55 heavy (non-hydrogen) atoms. The maximum Gasteiger partial charge on any atom is 0.249 e. The van der Waals surface area contributed by atoms with Gasteiger partial charge in [-0.1, -0.05) is 251 Å². The van der Waals surface area contributed by atoms with Gasteiger partial charge in [-0.05, 0) is 38.5 Å². The molecule has 0 saturated carbocycles. The Labute approximate surface area is 344 Å². The molecule has 0 radical (unpaired) electrons. The summed E-state index contributed by atoms with van der Waals surface area (Å²) in [5.41, 5.74) is 0. The number of aliphatic hydroxyl groups excluding tert-OH is 3. The summed E-state index contributed by atoms with van der Waals surface area (Å²) in [7, 11) is 0. The van der Waals surface area contributed by atoms with Crippen LogP contribution in [0.3, 0.4) is 0 Å². The van der Waals surface area contributed by atoms with Crippen LogP contribution >= 0.6 is 0 Å². The number of amides is 1. The van der Waals surface area contributed by atoms with Gasteiger partial charge in [0.05, 0.1) is 18.8 Å². The van der Waals surface area contributed by atoms with E-state index in [1.807, 2.05) is 0 Å². The van der Waals surface area contributed by atoms with Crippen LogP contribution in [-0.2, 0) is 4.79 Å². The number of carbonyl (C=O) groups excluding carboxylic acids is 1. The summed E-state index contributed by atoms with van der Waals surface area (Å²) >= 11 is 0. The maximum absolute atomic E-state index is 12.5. The lowest BCUT2D eigenvalue weighted by molar-refractivity contribution is -0.131. The quantitative estimate of drug-likeness (QED) is 0.0366. The average molecular weight is 778 g/mol. The monoisotopic (exact) mass is 778 g/mol. The Morgan fingerprint density at radius 1 is 0.418 bits per heavy atom. The fraction of sp³-hybridized carbons (Fsp3) is 0.940. The third kappa shape index (κ3) is 41.1. The highest BCUT2D eigenvalue weighted by Crippen LogP contribution is 2.17. The van der Waals surface area contributed by atoms with Gasteiger partial charge < -0.3 is 20.6 Å². The molecule has 4 N–H and O–H groups in total. The number of aliphatic hydroxyl groups is 3. The van der Waals surface area contributed by atoms with Gasteiger partial charge in [0, 0.05) is 0 Å². The summed E-state index contributed by atoms with van der Waals surface area (Å²) in [5.74, 6) is -0.471. The van der Waals surface area contributed by atoms with Crippen molar-refractivity contribution in [3.8, 4) is 0 Å². The van der Waals surface area contributed by atoms with Crippen LogP contribution in [0, 0.1) is 0 Å². The van der Waals surface area contributed by atoms with Gasteiger partial charge in [0.2, 0.25) is 5.91 Å². The molecule has 5 nitrogen and oxygen atoms in total. The van der Waals surface area contributed by atoms with Crippen molar-refractivity contribution in [2.75, 3.05) is 6.61 Å². The number of hydrogen-bond acceptors (Lipinski definition) is 4. The first-order valence-electron chi connectivity index (χ1n) is 25.0. The van der Waals surface area contributed by atoms with Gasteiger partial charge in [-0.15, -0.1) is 0 Å². The van der Waals surface area contributed by atoms with E-state index in [4.69, 9.17) is 0 Å². The van der Waals surface area contributed by atoms with Crippen molar-refractivity contribution in [1.29, 1.82) is 0 Å². The Morgan fingerprint density at radius 3 is 1.00 bits per heavy atom. The second kappa shape index (κ2) is 45.8. The van der Waals surface area contributed by atoms with E-state index < -0.39 is 24.2 Å². The van der Waals surface area contributed by atoms with Gasteiger partial charge in [-0.2, -0.15) is 0 Å². The zero-order chi connectivity index (χ0) is 40.1. The third-order valence-electron chi connectivity index (χ3n) is 11.9. The molecule has 0 aliphatic carbocycles. The number of carbonyl (C=O) groups is 1. The molecule has 0 spiro atoms. The smallest absolute Gasteiger partial charge is 0.249 e. The van der Waals surface area contributed by atoms with Crippen LogP contribution < -0.4 is 5.32 Å². The van der Waals surface area contributed by atoms with Crippen molar-refractivity contribution in [1.82, 2.24) is 5.32 Å². The topological polar surface area (TPSA) is 89.8 Å². The molecule has 0 rings (SSSR count). The van der Waals surface area contributed by atoms with E-state index in [0.29, 0.717) is 12.8 Å². The third-order valence-corrected chi connectivity index (χ3v) is 11.9. The van der Waals surface area contributed by atoms with E-state index in [-0.39, 0.29) is 6.61 Å². The van der Waals surface area contributed by atoms with Crippen LogP contribution in [0.5, 0.6) is 0 Å². The summed E-state index contributed by atoms with van der Waals surface area (Å²) in [4.78, 5) is 12.5. The summed E-state index contributed by atoms with van der Waals surface area (Å²) in [5, 5.41) is 33.4. The zero-order valence-electron chi connectivity index (χ0n) is 37.3. The van der Waals surface area contributed by atoms with Crippen LogP contribution in [-0.4, -0.2) is 46.1 Å². The minimum Gasteiger partial charge on any atom is -0.394 e. The molecule has 3 unspecified atom stereocenters. The van der Waals surface area contributed by atoms with E-state index in [0.717, 1.165) is 32.1 Å². The first kappa shape index (κ1) is 54.1. The lowest BCUT2D eigenvalue weighted by Crippen LogP contribution is -2.49. The van der Waals surface area contributed by atoms with E-state index in [2.05, 4.69) is 31.3 Å².